The summed E-state index contributed by atoms with van der Waals surface area (Å²) >= 11 is 0. The van der Waals surface area contributed by atoms with Crippen LogP contribution in [0.4, 0.5) is 0 Å². The average molecular weight is 331 g/mol. The summed E-state index contributed by atoms with van der Waals surface area (Å²) in [6, 6.07) is 0.186. The van der Waals surface area contributed by atoms with E-state index in [1.54, 1.807) is 0 Å². The molecule has 1 fully saturated rings. The van der Waals surface area contributed by atoms with Crippen LogP contribution in [0.25, 0.3) is 0 Å². The highest BCUT2D eigenvalue weighted by molar-refractivity contribution is 5.85. The van der Waals surface area contributed by atoms with E-state index >= 15 is 0 Å². The van der Waals surface area contributed by atoms with Gasteiger partial charge in [0.15, 0.2) is 5.82 Å². The van der Waals surface area contributed by atoms with E-state index in [0.29, 0.717) is 24.6 Å². The van der Waals surface area contributed by atoms with Crippen LogP contribution in [0.3, 0.4) is 0 Å². The zero-order valence-electron chi connectivity index (χ0n) is 13.6. The van der Waals surface area contributed by atoms with Crippen molar-refractivity contribution in [1.29, 1.82) is 0 Å². The minimum Gasteiger partial charge on any atom is -0.339 e. The fraction of sp³-hybridized carbons (Fsp3) is 0.800. The van der Waals surface area contributed by atoms with Gasteiger partial charge in [0.05, 0.1) is 0 Å². The first-order chi connectivity index (χ1) is 9.99. The third-order valence-electron chi connectivity index (χ3n) is 4.03. The molecule has 1 saturated heterocycles. The SMILES string of the molecule is CC(C)c1noc(CCC(=O)N2CCCCC2C(C)N)n1.Cl. The van der Waals surface area contributed by atoms with Crippen LogP contribution in [0.1, 0.15) is 64.1 Å². The van der Waals surface area contributed by atoms with E-state index < -0.39 is 0 Å². The Morgan fingerprint density at radius 1 is 1.41 bits per heavy atom. The Hall–Kier alpha value is -1.14. The molecule has 7 heteroatoms. The van der Waals surface area contributed by atoms with Crippen molar-refractivity contribution < 1.29 is 9.32 Å². The molecule has 1 aliphatic heterocycles. The summed E-state index contributed by atoms with van der Waals surface area (Å²) in [5, 5.41) is 3.92. The van der Waals surface area contributed by atoms with Crippen molar-refractivity contribution >= 4 is 18.3 Å². The van der Waals surface area contributed by atoms with Gasteiger partial charge in [-0.2, -0.15) is 4.98 Å². The molecule has 1 aromatic rings. The first-order valence-corrected chi connectivity index (χ1v) is 7.86. The van der Waals surface area contributed by atoms with E-state index in [2.05, 4.69) is 10.1 Å². The highest BCUT2D eigenvalue weighted by Crippen LogP contribution is 2.20. The fourth-order valence-corrected chi connectivity index (χ4v) is 2.78. The number of piperidine rings is 1. The minimum atomic E-state index is 0. The number of carbonyl (C=O) groups excluding carboxylic acids is 1. The van der Waals surface area contributed by atoms with Crippen LogP contribution in [0, 0.1) is 0 Å². The molecule has 1 aliphatic rings. The van der Waals surface area contributed by atoms with Crippen LogP contribution in [0.15, 0.2) is 4.52 Å². The maximum atomic E-state index is 12.4. The molecule has 0 aliphatic carbocycles. The lowest BCUT2D eigenvalue weighted by atomic mass is 9.96. The van der Waals surface area contributed by atoms with E-state index in [4.69, 9.17) is 10.3 Å². The van der Waals surface area contributed by atoms with E-state index in [9.17, 15) is 4.79 Å². The summed E-state index contributed by atoms with van der Waals surface area (Å²) in [6.07, 6.45) is 4.12. The second-order valence-electron chi connectivity index (χ2n) is 6.21. The van der Waals surface area contributed by atoms with Crippen molar-refractivity contribution in [2.45, 2.75) is 70.9 Å². The maximum Gasteiger partial charge on any atom is 0.227 e. The zero-order valence-corrected chi connectivity index (χ0v) is 14.4. The monoisotopic (exact) mass is 330 g/mol. The smallest absolute Gasteiger partial charge is 0.227 e. The van der Waals surface area contributed by atoms with Gasteiger partial charge in [0, 0.05) is 37.4 Å². The van der Waals surface area contributed by atoms with E-state index in [-0.39, 0.29) is 36.3 Å². The Bertz CT molecular complexity index is 476. The van der Waals surface area contributed by atoms with Gasteiger partial charge < -0.3 is 15.2 Å². The van der Waals surface area contributed by atoms with Gasteiger partial charge >= 0.3 is 0 Å². The molecule has 22 heavy (non-hydrogen) atoms. The highest BCUT2D eigenvalue weighted by atomic mass is 35.5. The lowest BCUT2D eigenvalue weighted by Gasteiger charge is -2.38. The summed E-state index contributed by atoms with van der Waals surface area (Å²) in [7, 11) is 0. The summed E-state index contributed by atoms with van der Waals surface area (Å²) in [5.74, 6) is 1.62. The Morgan fingerprint density at radius 2 is 2.14 bits per heavy atom. The van der Waals surface area contributed by atoms with Gasteiger partial charge in [0.1, 0.15) is 0 Å². The number of hydrogen-bond acceptors (Lipinski definition) is 5. The van der Waals surface area contributed by atoms with Crippen LogP contribution in [-0.2, 0) is 11.2 Å². The highest BCUT2D eigenvalue weighted by Gasteiger charge is 2.29. The maximum absolute atomic E-state index is 12.4. The average Bonchev–Trinajstić information content (AvgIpc) is 2.94. The van der Waals surface area contributed by atoms with E-state index in [1.807, 2.05) is 25.7 Å². The summed E-state index contributed by atoms with van der Waals surface area (Å²) in [6.45, 7) is 6.82. The number of nitrogens with two attached hydrogens (primary N) is 1. The Labute approximate surface area is 138 Å². The topological polar surface area (TPSA) is 85.2 Å². The number of likely N-dealkylation sites (tertiary alicyclic amines) is 1. The Balaban J connectivity index is 0.00000242. The van der Waals surface area contributed by atoms with E-state index in [1.165, 1.54) is 0 Å². The van der Waals surface area contributed by atoms with Crippen LogP contribution in [-0.4, -0.2) is 39.6 Å². The van der Waals surface area contributed by atoms with Crippen molar-refractivity contribution in [2.24, 2.45) is 5.73 Å². The number of carbonyl (C=O) groups is 1. The molecule has 0 aromatic carbocycles. The van der Waals surface area contributed by atoms with Crippen molar-refractivity contribution in [3.63, 3.8) is 0 Å². The number of aryl methyl sites for hydroxylation is 1. The first kappa shape index (κ1) is 18.9. The summed E-state index contributed by atoms with van der Waals surface area (Å²) in [4.78, 5) is 18.7. The molecule has 0 radical (unpaired) electrons. The molecule has 2 heterocycles. The third-order valence-corrected chi connectivity index (χ3v) is 4.03. The predicted molar refractivity (Wildman–Crippen MR) is 87.0 cm³/mol. The number of nitrogens with zero attached hydrogens (tertiary/aromatic N) is 3. The van der Waals surface area contributed by atoms with Gasteiger partial charge in [-0.25, -0.2) is 0 Å². The summed E-state index contributed by atoms with van der Waals surface area (Å²) < 4.78 is 5.18. The molecule has 2 rings (SSSR count). The quantitative estimate of drug-likeness (QED) is 0.895. The number of halogens is 1. The van der Waals surface area contributed by atoms with Gasteiger partial charge in [0.25, 0.3) is 0 Å². The largest absolute Gasteiger partial charge is 0.339 e. The molecule has 1 amide bonds. The molecule has 2 atom stereocenters. The molecular formula is C15H27ClN4O2. The molecule has 0 saturated carbocycles. The zero-order chi connectivity index (χ0) is 15.4. The molecular weight excluding hydrogens is 304 g/mol. The first-order valence-electron chi connectivity index (χ1n) is 7.86. The Morgan fingerprint density at radius 3 is 2.73 bits per heavy atom. The lowest BCUT2D eigenvalue weighted by molar-refractivity contribution is -0.135. The summed E-state index contributed by atoms with van der Waals surface area (Å²) in [5.41, 5.74) is 6.00. The normalized spacial score (nSPS) is 19.9. The molecule has 0 bridgehead atoms. The van der Waals surface area contributed by atoms with E-state index in [0.717, 1.165) is 25.8 Å². The molecule has 1 aromatic heterocycles. The number of amides is 1. The van der Waals surface area contributed by atoms with Crippen LogP contribution >= 0.6 is 12.4 Å². The lowest BCUT2D eigenvalue weighted by Crippen LogP contribution is -2.51. The molecule has 126 valence electrons. The van der Waals surface area contributed by atoms with Crippen LogP contribution < -0.4 is 5.73 Å². The molecule has 6 nitrogen and oxygen atoms in total. The molecule has 2 N–H and O–H groups in total. The predicted octanol–water partition coefficient (Wildman–Crippen LogP) is 2.28. The van der Waals surface area contributed by atoms with Gasteiger partial charge in [-0.15, -0.1) is 12.4 Å². The van der Waals surface area contributed by atoms with Gasteiger partial charge in [0.2, 0.25) is 11.8 Å². The van der Waals surface area contributed by atoms with Crippen LogP contribution in [0.5, 0.6) is 0 Å². The van der Waals surface area contributed by atoms with Crippen LogP contribution in [0.2, 0.25) is 0 Å². The standard InChI is InChI=1S/C15H26N4O2.ClH/c1-10(2)15-17-13(21-18-15)7-8-14(20)19-9-5-4-6-12(19)11(3)16;/h10-12H,4-9,16H2,1-3H3;1H. The third kappa shape index (κ3) is 4.68. The van der Waals surface area contributed by atoms with Gasteiger partial charge in [-0.1, -0.05) is 19.0 Å². The van der Waals surface area contributed by atoms with Gasteiger partial charge in [-0.05, 0) is 26.2 Å². The number of aromatic nitrogens is 2. The number of rotatable bonds is 5. The fourth-order valence-electron chi connectivity index (χ4n) is 2.78. The molecule has 0 spiro atoms. The van der Waals surface area contributed by atoms with Crippen molar-refractivity contribution in [1.82, 2.24) is 15.0 Å². The second-order valence-corrected chi connectivity index (χ2v) is 6.21. The van der Waals surface area contributed by atoms with Crippen molar-refractivity contribution in [3.05, 3.63) is 11.7 Å². The number of hydrogen-bond donors (Lipinski definition) is 1. The minimum absolute atomic E-state index is 0. The van der Waals surface area contributed by atoms with Crippen molar-refractivity contribution in [3.8, 4) is 0 Å². The second kappa shape index (κ2) is 8.48. The van der Waals surface area contributed by atoms with Crippen molar-refractivity contribution in [2.75, 3.05) is 6.54 Å². The Kier molecular flexibility index (Phi) is 7.29. The molecule has 2 unspecified atom stereocenters. The van der Waals surface area contributed by atoms with Gasteiger partial charge in [-0.3, -0.25) is 4.79 Å².